The van der Waals surface area contributed by atoms with Gasteiger partial charge in [-0.15, -0.1) is 0 Å². The predicted molar refractivity (Wildman–Crippen MR) is 86.8 cm³/mol. The highest BCUT2D eigenvalue weighted by molar-refractivity contribution is 6.14. The fourth-order valence-corrected chi connectivity index (χ4v) is 2.29. The average Bonchev–Trinajstić information content (AvgIpc) is 2.74. The Morgan fingerprint density at radius 2 is 2.05 bits per heavy atom. The van der Waals surface area contributed by atoms with Crippen LogP contribution < -0.4 is 5.32 Å². The monoisotopic (exact) mass is 303 g/mol. The summed E-state index contributed by atoms with van der Waals surface area (Å²) in [5.74, 6) is 0. The van der Waals surface area contributed by atoms with E-state index in [9.17, 15) is 4.79 Å². The second-order valence-electron chi connectivity index (χ2n) is 6.17. The average molecular weight is 303 g/mol. The summed E-state index contributed by atoms with van der Waals surface area (Å²) in [5.41, 5.74) is 2.20. The van der Waals surface area contributed by atoms with Crippen LogP contribution in [0.25, 0.3) is 10.9 Å². The van der Waals surface area contributed by atoms with Crippen molar-refractivity contribution in [3.8, 4) is 0 Å². The zero-order valence-corrected chi connectivity index (χ0v) is 13.5. The van der Waals surface area contributed by atoms with Gasteiger partial charge >= 0.3 is 6.09 Å². The number of fused-ring (bicyclic) bond motifs is 1. The number of benzene rings is 1. The van der Waals surface area contributed by atoms with Crippen LogP contribution in [0.1, 0.15) is 33.3 Å². The van der Waals surface area contributed by atoms with Crippen molar-refractivity contribution >= 4 is 28.4 Å². The smallest absolute Gasteiger partial charge is 0.412 e. The van der Waals surface area contributed by atoms with Gasteiger partial charge < -0.3 is 14.5 Å². The highest BCUT2D eigenvalue weighted by Gasteiger charge is 2.19. The fourth-order valence-electron chi connectivity index (χ4n) is 2.29. The third kappa shape index (κ3) is 3.21. The minimum atomic E-state index is -0.569. The van der Waals surface area contributed by atoms with Crippen LogP contribution in [0, 0.1) is 0 Å². The van der Waals surface area contributed by atoms with Crippen molar-refractivity contribution in [1.82, 2.24) is 4.57 Å². The molecule has 2 N–H and O–H groups in total. The summed E-state index contributed by atoms with van der Waals surface area (Å²) in [6.07, 6.45) is 1.34. The molecule has 22 heavy (non-hydrogen) atoms. The number of aryl methyl sites for hydroxylation is 1. The van der Waals surface area contributed by atoms with Gasteiger partial charge in [0.1, 0.15) is 5.60 Å². The normalized spacial score (nSPS) is 12.5. The van der Waals surface area contributed by atoms with Gasteiger partial charge in [-0.3, -0.25) is 5.32 Å². The Bertz CT molecular complexity index is 739. The molecular weight excluding hydrogens is 282 g/mol. The van der Waals surface area contributed by atoms with Crippen LogP contribution in [0.3, 0.4) is 0 Å². The van der Waals surface area contributed by atoms with Crippen LogP contribution in [0.5, 0.6) is 0 Å². The summed E-state index contributed by atoms with van der Waals surface area (Å²) in [4.78, 5) is 12.0. The van der Waals surface area contributed by atoms with Gasteiger partial charge in [-0.25, -0.2) is 4.79 Å². The Labute approximate surface area is 129 Å². The van der Waals surface area contributed by atoms with Crippen LogP contribution in [0.15, 0.2) is 29.6 Å². The number of aromatic nitrogens is 1. The molecule has 1 amide bonds. The third-order valence-electron chi connectivity index (χ3n) is 3.19. The van der Waals surface area contributed by atoms with E-state index in [-0.39, 0.29) is 0 Å². The molecule has 6 heteroatoms. The first-order chi connectivity index (χ1) is 10.2. The van der Waals surface area contributed by atoms with E-state index in [1.807, 2.05) is 50.7 Å². The first-order valence-electron chi connectivity index (χ1n) is 7.00. The standard InChI is InChI=1S/C16H21N3O3/c1-10(18-21)11-9-19(5)13-8-6-7-12(14(11)13)17-15(20)22-16(2,3)4/h6-9,21H,1-5H3,(H,17,20)/b18-10-. The SMILES string of the molecule is C/C(=N/O)c1cn(C)c2cccc(NC(=O)OC(C)(C)C)c12. The van der Waals surface area contributed by atoms with Crippen molar-refractivity contribution in [1.29, 1.82) is 0 Å². The van der Waals surface area contributed by atoms with Crippen molar-refractivity contribution in [2.45, 2.75) is 33.3 Å². The number of nitrogens with zero attached hydrogens (tertiary/aromatic N) is 2. The van der Waals surface area contributed by atoms with E-state index in [1.165, 1.54) is 0 Å². The minimum absolute atomic E-state index is 0.476. The van der Waals surface area contributed by atoms with E-state index in [2.05, 4.69) is 10.5 Å². The summed E-state index contributed by atoms with van der Waals surface area (Å²) in [6, 6.07) is 5.58. The van der Waals surface area contributed by atoms with Crippen LogP contribution in [-0.2, 0) is 11.8 Å². The van der Waals surface area contributed by atoms with Gasteiger partial charge in [-0.1, -0.05) is 11.2 Å². The molecule has 1 heterocycles. The van der Waals surface area contributed by atoms with E-state index >= 15 is 0 Å². The number of ether oxygens (including phenoxy) is 1. The molecule has 6 nitrogen and oxygen atoms in total. The van der Waals surface area contributed by atoms with E-state index in [4.69, 9.17) is 9.94 Å². The predicted octanol–water partition coefficient (Wildman–Crippen LogP) is 3.72. The lowest BCUT2D eigenvalue weighted by Crippen LogP contribution is -2.27. The van der Waals surface area contributed by atoms with E-state index < -0.39 is 11.7 Å². The number of anilines is 1. The Morgan fingerprint density at radius 3 is 2.64 bits per heavy atom. The first-order valence-corrected chi connectivity index (χ1v) is 7.00. The van der Waals surface area contributed by atoms with Gasteiger partial charge in [-0.2, -0.15) is 0 Å². The topological polar surface area (TPSA) is 75.9 Å². The van der Waals surface area contributed by atoms with E-state index in [1.54, 1.807) is 13.0 Å². The van der Waals surface area contributed by atoms with Crippen molar-refractivity contribution in [2.24, 2.45) is 12.2 Å². The van der Waals surface area contributed by atoms with E-state index in [0.717, 1.165) is 16.5 Å². The number of hydrogen-bond acceptors (Lipinski definition) is 4. The van der Waals surface area contributed by atoms with Gasteiger partial charge in [0.2, 0.25) is 0 Å². The van der Waals surface area contributed by atoms with Gasteiger partial charge in [0.05, 0.1) is 16.9 Å². The van der Waals surface area contributed by atoms with Crippen LogP contribution in [0.4, 0.5) is 10.5 Å². The molecule has 0 saturated carbocycles. The van der Waals surface area contributed by atoms with Gasteiger partial charge in [0, 0.05) is 24.2 Å². The molecule has 0 radical (unpaired) electrons. The maximum atomic E-state index is 12.0. The highest BCUT2D eigenvalue weighted by Crippen LogP contribution is 2.29. The fraction of sp³-hybridized carbons (Fsp3) is 0.375. The molecule has 0 fully saturated rings. The number of oxime groups is 1. The molecule has 1 aromatic heterocycles. The lowest BCUT2D eigenvalue weighted by atomic mass is 10.1. The van der Waals surface area contributed by atoms with Crippen LogP contribution in [-0.4, -0.2) is 27.2 Å². The molecule has 118 valence electrons. The molecule has 0 unspecified atom stereocenters. The first kappa shape index (κ1) is 15.9. The zero-order chi connectivity index (χ0) is 16.5. The molecule has 2 aromatic rings. The Balaban J connectivity index is 2.48. The van der Waals surface area contributed by atoms with E-state index in [0.29, 0.717) is 11.4 Å². The number of carbonyl (C=O) groups is 1. The maximum absolute atomic E-state index is 12.0. The number of amides is 1. The van der Waals surface area contributed by atoms with Crippen molar-refractivity contribution in [2.75, 3.05) is 5.32 Å². The maximum Gasteiger partial charge on any atom is 0.412 e. The van der Waals surface area contributed by atoms with Crippen molar-refractivity contribution in [3.05, 3.63) is 30.0 Å². The molecule has 0 aliphatic rings. The summed E-state index contributed by atoms with van der Waals surface area (Å²) < 4.78 is 7.20. The second kappa shape index (κ2) is 5.71. The summed E-state index contributed by atoms with van der Waals surface area (Å²) >= 11 is 0. The number of nitrogens with one attached hydrogen (secondary N) is 1. The quantitative estimate of drug-likeness (QED) is 0.504. The molecule has 0 bridgehead atoms. The lowest BCUT2D eigenvalue weighted by Gasteiger charge is -2.20. The zero-order valence-electron chi connectivity index (χ0n) is 13.5. The Morgan fingerprint density at radius 1 is 1.36 bits per heavy atom. The van der Waals surface area contributed by atoms with Crippen LogP contribution >= 0.6 is 0 Å². The van der Waals surface area contributed by atoms with Crippen LogP contribution in [0.2, 0.25) is 0 Å². The van der Waals surface area contributed by atoms with Gasteiger partial charge in [-0.05, 0) is 39.8 Å². The third-order valence-corrected chi connectivity index (χ3v) is 3.19. The highest BCUT2D eigenvalue weighted by atomic mass is 16.6. The number of rotatable bonds is 2. The minimum Gasteiger partial charge on any atom is -0.444 e. The molecule has 0 aliphatic heterocycles. The van der Waals surface area contributed by atoms with Gasteiger partial charge in [0.15, 0.2) is 0 Å². The molecule has 1 aromatic carbocycles. The lowest BCUT2D eigenvalue weighted by molar-refractivity contribution is 0.0636. The molecule has 0 spiro atoms. The molecule has 0 atom stereocenters. The second-order valence-corrected chi connectivity index (χ2v) is 6.17. The summed E-state index contributed by atoms with van der Waals surface area (Å²) in [7, 11) is 1.90. The molecule has 2 rings (SSSR count). The number of hydrogen-bond donors (Lipinski definition) is 2. The van der Waals surface area contributed by atoms with Gasteiger partial charge in [0.25, 0.3) is 0 Å². The summed E-state index contributed by atoms with van der Waals surface area (Å²) in [5, 5.41) is 15.9. The molecule has 0 aliphatic carbocycles. The summed E-state index contributed by atoms with van der Waals surface area (Å²) in [6.45, 7) is 7.13. The van der Waals surface area contributed by atoms with Crippen molar-refractivity contribution < 1.29 is 14.7 Å². The largest absolute Gasteiger partial charge is 0.444 e. The Kier molecular flexibility index (Phi) is 4.12. The van der Waals surface area contributed by atoms with Crippen molar-refractivity contribution in [3.63, 3.8) is 0 Å². The Hall–Kier alpha value is -2.50. The molecule has 0 saturated heterocycles. The molecular formula is C16H21N3O3. The number of carbonyl (C=O) groups excluding carboxylic acids is 1.